The number of anilines is 2. The van der Waals surface area contributed by atoms with E-state index in [0.29, 0.717) is 0 Å². The van der Waals surface area contributed by atoms with Crippen LogP contribution in [0.25, 0.3) is 0 Å². The summed E-state index contributed by atoms with van der Waals surface area (Å²) >= 11 is 2.64. The van der Waals surface area contributed by atoms with Gasteiger partial charge >= 0.3 is 0 Å². The molecule has 1 unspecified atom stereocenters. The molecule has 1 aliphatic carbocycles. The quantitative estimate of drug-likeness (QED) is 0.336. The fourth-order valence-corrected chi connectivity index (χ4v) is 10.8. The van der Waals surface area contributed by atoms with Gasteiger partial charge in [-0.1, -0.05) is 21.5 Å². The van der Waals surface area contributed by atoms with E-state index < -0.39 is 10.0 Å². The number of hydrogen-bond acceptors (Lipinski definition) is 6. The number of morpholine rings is 1. The second-order valence-electron chi connectivity index (χ2n) is 10.7. The molecule has 3 heterocycles. The van der Waals surface area contributed by atoms with Crippen LogP contribution in [0.5, 0.6) is 0 Å². The summed E-state index contributed by atoms with van der Waals surface area (Å²) in [5, 5.41) is 1.01. The first-order valence-corrected chi connectivity index (χ1v) is 19.2. The van der Waals surface area contributed by atoms with Crippen molar-refractivity contribution in [2.24, 2.45) is 4.99 Å². The first-order chi connectivity index (χ1) is 18.4. The monoisotopic (exact) mass is 668 g/mol. The average molecular weight is 669 g/mol. The summed E-state index contributed by atoms with van der Waals surface area (Å²) in [5.74, 6) is 0. The van der Waals surface area contributed by atoms with Crippen molar-refractivity contribution in [2.75, 3.05) is 49.2 Å². The van der Waals surface area contributed by atoms with Crippen molar-refractivity contribution in [3.63, 3.8) is 0 Å². The van der Waals surface area contributed by atoms with E-state index >= 15 is 0 Å². The Morgan fingerprint density at radius 3 is 2.24 bits per heavy atom. The summed E-state index contributed by atoms with van der Waals surface area (Å²) in [7, 11) is -3.25. The Morgan fingerprint density at radius 2 is 1.58 bits per heavy atom. The molecule has 3 fully saturated rings. The molecule has 0 spiro atoms. The molecule has 0 amide bonds. The van der Waals surface area contributed by atoms with Crippen molar-refractivity contribution in [1.82, 2.24) is 4.72 Å². The van der Waals surface area contributed by atoms with Crippen LogP contribution in [0.1, 0.15) is 50.7 Å². The molecule has 206 valence electrons. The summed E-state index contributed by atoms with van der Waals surface area (Å²) in [4.78, 5) is 11.5. The van der Waals surface area contributed by atoms with Crippen LogP contribution >= 0.6 is 28.9 Å². The highest BCUT2D eigenvalue weighted by molar-refractivity contribution is 14.2. The SMILES string of the molecule is CCc1cc(N2CCC(NS(=O)(=O)C3CC3)CC2)cc2c1N=c1c(CC)cc(N3CCOCC3)cc1=S2I. The van der Waals surface area contributed by atoms with Crippen molar-refractivity contribution in [2.45, 2.75) is 68.6 Å². The van der Waals surface area contributed by atoms with Crippen LogP contribution < -0.4 is 19.9 Å². The van der Waals surface area contributed by atoms with Gasteiger partial charge in [0.05, 0.1) is 29.5 Å². The van der Waals surface area contributed by atoms with Gasteiger partial charge in [0, 0.05) is 53.0 Å². The van der Waals surface area contributed by atoms with Crippen LogP contribution in [0.2, 0.25) is 0 Å². The van der Waals surface area contributed by atoms with Gasteiger partial charge in [-0.25, -0.2) is 18.1 Å². The number of nitrogens with zero attached hydrogens (tertiary/aromatic N) is 3. The number of sulfonamides is 1. The van der Waals surface area contributed by atoms with Crippen LogP contribution in [0, 0.1) is 4.51 Å². The van der Waals surface area contributed by atoms with Crippen molar-refractivity contribution in [3.8, 4) is 0 Å². The molecular formula is C28H37IN4O3S2. The van der Waals surface area contributed by atoms with Crippen LogP contribution in [0.3, 0.4) is 0 Å². The number of aryl methyl sites for hydroxylation is 2. The van der Waals surface area contributed by atoms with Gasteiger partial charge in [0.2, 0.25) is 10.0 Å². The van der Waals surface area contributed by atoms with Gasteiger partial charge in [0.25, 0.3) is 0 Å². The predicted molar refractivity (Wildman–Crippen MR) is 165 cm³/mol. The molecule has 4 aliphatic rings. The summed E-state index contributed by atoms with van der Waals surface area (Å²) < 4.78 is 34.8. The van der Waals surface area contributed by atoms with E-state index in [1.807, 2.05) is 0 Å². The standard InChI is InChI=1S/C28H37IN4O3S2/c1-3-19-15-22(32-9-7-21(8-10-32)31-38(34,35)24-5-6-24)17-25-27(19)30-28-20(4-2)16-23(18-26(28)37(25)29)33-11-13-36-14-12-33/h15-18,21,24,31H,3-14H2,1-2H3. The molecule has 10 heteroatoms. The normalized spacial score (nSPS) is 22.1. The highest BCUT2D eigenvalue weighted by atomic mass is 127. The lowest BCUT2D eigenvalue weighted by Crippen LogP contribution is -2.45. The minimum absolute atomic E-state index is 0.0484. The molecule has 1 N–H and O–H groups in total. The largest absolute Gasteiger partial charge is 0.378 e. The average Bonchev–Trinajstić information content (AvgIpc) is 3.80. The van der Waals surface area contributed by atoms with Gasteiger partial charge < -0.3 is 14.5 Å². The number of piperidine rings is 1. The zero-order valence-corrected chi connectivity index (χ0v) is 26.0. The smallest absolute Gasteiger partial charge is 0.214 e. The molecule has 2 aromatic rings. The third kappa shape index (κ3) is 5.27. The lowest BCUT2D eigenvalue weighted by molar-refractivity contribution is 0.122. The van der Waals surface area contributed by atoms with Crippen LogP contribution in [0.4, 0.5) is 17.1 Å². The topological polar surface area (TPSA) is 74.2 Å². The molecule has 0 aromatic heterocycles. The second-order valence-corrected chi connectivity index (χ2v) is 16.7. The Morgan fingerprint density at radius 1 is 0.947 bits per heavy atom. The maximum atomic E-state index is 12.4. The molecule has 6 rings (SSSR count). The zero-order chi connectivity index (χ0) is 26.4. The molecule has 2 aromatic carbocycles. The number of ether oxygens (including phenoxy) is 1. The summed E-state index contributed by atoms with van der Waals surface area (Å²) in [6.45, 7) is 9.61. The molecule has 1 saturated carbocycles. The molecule has 1 atom stereocenters. The highest BCUT2D eigenvalue weighted by Gasteiger charge is 2.37. The van der Waals surface area contributed by atoms with E-state index in [-0.39, 0.29) is 18.9 Å². The maximum Gasteiger partial charge on any atom is 0.214 e. The van der Waals surface area contributed by atoms with E-state index in [2.05, 4.69) is 73.8 Å². The second kappa shape index (κ2) is 11.0. The maximum absolute atomic E-state index is 12.4. The molecule has 7 nitrogen and oxygen atoms in total. The number of benzene rings is 2. The van der Waals surface area contributed by atoms with E-state index in [4.69, 9.17) is 9.73 Å². The fourth-order valence-electron chi connectivity index (χ4n) is 5.74. The predicted octanol–water partition coefficient (Wildman–Crippen LogP) is 4.89. The third-order valence-electron chi connectivity index (χ3n) is 8.18. The lowest BCUT2D eigenvalue weighted by Gasteiger charge is -2.34. The molecular weight excluding hydrogens is 631 g/mol. The summed E-state index contributed by atoms with van der Waals surface area (Å²) in [5.41, 5.74) is 6.32. The van der Waals surface area contributed by atoms with Crippen LogP contribution in [-0.2, 0) is 27.6 Å². The van der Waals surface area contributed by atoms with Gasteiger partial charge in [0.15, 0.2) is 0 Å². The first kappa shape index (κ1) is 27.0. The minimum atomic E-state index is -3.14. The van der Waals surface area contributed by atoms with Gasteiger partial charge in [-0.3, -0.25) is 0 Å². The number of nitrogens with one attached hydrogen (secondary N) is 1. The molecule has 0 radical (unpaired) electrons. The first-order valence-electron chi connectivity index (χ1n) is 13.9. The fraction of sp³-hybridized carbons (Fsp3) is 0.571. The van der Waals surface area contributed by atoms with Gasteiger partial charge in [-0.2, -0.15) is 0 Å². The van der Waals surface area contributed by atoms with E-state index in [1.165, 1.54) is 37.3 Å². The van der Waals surface area contributed by atoms with E-state index in [0.717, 1.165) is 83.6 Å². The molecule has 2 saturated heterocycles. The van der Waals surface area contributed by atoms with Gasteiger partial charge in [-0.15, -0.1) is 0 Å². The zero-order valence-electron chi connectivity index (χ0n) is 22.2. The Balaban J connectivity index is 1.32. The van der Waals surface area contributed by atoms with Crippen molar-refractivity contribution in [3.05, 3.63) is 45.3 Å². The lowest BCUT2D eigenvalue weighted by atomic mass is 10.0. The molecule has 38 heavy (non-hydrogen) atoms. The van der Waals surface area contributed by atoms with Gasteiger partial charge in [0.1, 0.15) is 0 Å². The Labute approximate surface area is 240 Å². The summed E-state index contributed by atoms with van der Waals surface area (Å²) in [6, 6.07) is 9.44. The highest BCUT2D eigenvalue weighted by Crippen LogP contribution is 2.48. The summed E-state index contributed by atoms with van der Waals surface area (Å²) in [6.07, 6.45) is 5.21. The number of hydrogen-bond donors (Lipinski definition) is 1. The Hall–Kier alpha value is -1.21. The van der Waals surface area contributed by atoms with Crippen LogP contribution in [-0.4, -0.2) is 59.1 Å². The number of fused-ring (bicyclic) bond motifs is 2. The van der Waals surface area contributed by atoms with Crippen molar-refractivity contribution >= 4 is 55.9 Å². The van der Waals surface area contributed by atoms with Crippen molar-refractivity contribution in [1.29, 1.82) is 0 Å². The Kier molecular flexibility index (Phi) is 7.80. The molecule has 3 aliphatic heterocycles. The van der Waals surface area contributed by atoms with Crippen molar-refractivity contribution < 1.29 is 13.2 Å². The number of halogens is 1. The van der Waals surface area contributed by atoms with E-state index in [1.54, 1.807) is 0 Å². The number of rotatable bonds is 7. The third-order valence-corrected chi connectivity index (χ3v) is 14.4. The van der Waals surface area contributed by atoms with Crippen LogP contribution in [0.15, 0.2) is 34.2 Å². The Bertz CT molecular complexity index is 1460. The van der Waals surface area contributed by atoms with E-state index in [9.17, 15) is 8.42 Å². The minimum Gasteiger partial charge on any atom is -0.378 e. The van der Waals surface area contributed by atoms with Gasteiger partial charge in [-0.05, 0) is 95.1 Å². The molecule has 0 bridgehead atoms.